The van der Waals surface area contributed by atoms with E-state index in [1.165, 1.54) is 21.3 Å². The van der Waals surface area contributed by atoms with Gasteiger partial charge in [0.2, 0.25) is 0 Å². The summed E-state index contributed by atoms with van der Waals surface area (Å²) in [5.41, 5.74) is 0.467. The Morgan fingerprint density at radius 2 is 2.00 bits per heavy atom. The van der Waals surface area contributed by atoms with E-state index in [9.17, 15) is 4.79 Å². The molecule has 0 atom stereocenters. The monoisotopic (exact) mass is 361 g/mol. The number of esters is 1. The Bertz CT molecular complexity index is 532. The van der Waals surface area contributed by atoms with Crippen molar-refractivity contribution in [3.05, 3.63) is 22.2 Å². The topological polar surface area (TPSA) is 86.6 Å². The lowest BCUT2D eigenvalue weighted by atomic mass is 10.1. The first-order valence-corrected chi connectivity index (χ1v) is 6.64. The van der Waals surface area contributed by atoms with E-state index < -0.39 is 5.97 Å². The van der Waals surface area contributed by atoms with Crippen LogP contribution in [0, 0.1) is 0 Å². The second-order valence-electron chi connectivity index (χ2n) is 3.86. The third-order valence-electron chi connectivity index (χ3n) is 2.57. The molecule has 0 amide bonds. The minimum Gasteiger partial charge on any atom is -0.495 e. The van der Waals surface area contributed by atoms with Gasteiger partial charge in [-0.3, -0.25) is 0 Å². The van der Waals surface area contributed by atoms with Gasteiger partial charge in [0.05, 0.1) is 18.7 Å². The zero-order valence-corrected chi connectivity index (χ0v) is 13.5. The van der Waals surface area contributed by atoms with Crippen LogP contribution in [0.1, 0.15) is 5.56 Å². The molecule has 7 nitrogen and oxygen atoms in total. The summed E-state index contributed by atoms with van der Waals surface area (Å²) in [5.74, 6) is 0.287. The second-order valence-corrected chi connectivity index (χ2v) is 4.71. The van der Waals surface area contributed by atoms with Crippen LogP contribution in [0.2, 0.25) is 0 Å². The lowest BCUT2D eigenvalue weighted by Gasteiger charge is -2.14. The number of benzene rings is 1. The summed E-state index contributed by atoms with van der Waals surface area (Å²) >= 11 is 3.35. The van der Waals surface area contributed by atoms with Crippen LogP contribution < -0.4 is 9.47 Å². The molecular weight excluding hydrogens is 346 g/mol. The lowest BCUT2D eigenvalue weighted by molar-refractivity contribution is -0.133. The maximum Gasteiger partial charge on any atom is 0.356 e. The number of nitrogens with zero attached hydrogens (tertiary/aromatic N) is 1. The summed E-state index contributed by atoms with van der Waals surface area (Å²) in [4.78, 5) is 11.5. The number of oxime groups is 1. The molecular formula is C13H16BrNO6. The minimum atomic E-state index is -0.720. The van der Waals surface area contributed by atoms with Gasteiger partial charge in [0.15, 0.2) is 12.5 Å². The van der Waals surface area contributed by atoms with Gasteiger partial charge in [0.25, 0.3) is 0 Å². The summed E-state index contributed by atoms with van der Waals surface area (Å²) in [6.45, 7) is 0.0294. The predicted molar refractivity (Wildman–Crippen MR) is 78.1 cm³/mol. The molecule has 21 heavy (non-hydrogen) atoms. The highest BCUT2D eigenvalue weighted by Gasteiger charge is 2.18. The fourth-order valence-corrected chi connectivity index (χ4v) is 2.13. The average molecular weight is 362 g/mol. The number of hydrogen-bond donors (Lipinski definition) is 1. The quantitative estimate of drug-likeness (QED) is 0.262. The number of ether oxygens (including phenoxy) is 4. The molecule has 0 aromatic heterocycles. The predicted octanol–water partition coefficient (Wildman–Crippen LogP) is 1.99. The molecule has 0 saturated carbocycles. The van der Waals surface area contributed by atoms with Crippen LogP contribution in [0.4, 0.5) is 0 Å². The Morgan fingerprint density at radius 3 is 2.52 bits per heavy atom. The third-order valence-corrected chi connectivity index (χ3v) is 3.19. The van der Waals surface area contributed by atoms with Gasteiger partial charge in [-0.1, -0.05) is 5.16 Å². The first-order valence-electron chi connectivity index (χ1n) is 5.84. The van der Waals surface area contributed by atoms with Crippen molar-refractivity contribution < 1.29 is 28.9 Å². The maximum atomic E-state index is 11.5. The second kappa shape index (κ2) is 8.48. The SMILES string of the molecule is COCOc1cc(OC)c(Br)cc1C/C(=N\O)C(=O)OC. The van der Waals surface area contributed by atoms with E-state index in [4.69, 9.17) is 19.4 Å². The van der Waals surface area contributed by atoms with Crippen LogP contribution >= 0.6 is 15.9 Å². The molecule has 116 valence electrons. The summed E-state index contributed by atoms with van der Waals surface area (Å²) in [6.07, 6.45) is 0.0326. The van der Waals surface area contributed by atoms with Crippen molar-refractivity contribution >= 4 is 27.6 Å². The van der Waals surface area contributed by atoms with Crippen LogP contribution in [-0.2, 0) is 20.7 Å². The Labute approximate surface area is 130 Å². The number of hydrogen-bond acceptors (Lipinski definition) is 7. The van der Waals surface area contributed by atoms with Gasteiger partial charge in [-0.25, -0.2) is 4.79 Å². The Kier molecular flexibility index (Phi) is 6.97. The van der Waals surface area contributed by atoms with Crippen molar-refractivity contribution in [2.45, 2.75) is 6.42 Å². The highest BCUT2D eigenvalue weighted by atomic mass is 79.9. The molecule has 8 heteroatoms. The average Bonchev–Trinajstić information content (AvgIpc) is 2.50. The molecule has 0 saturated heterocycles. The number of methoxy groups -OCH3 is 3. The zero-order chi connectivity index (χ0) is 15.8. The molecule has 0 radical (unpaired) electrons. The van der Waals surface area contributed by atoms with Crippen molar-refractivity contribution in [2.24, 2.45) is 5.16 Å². The van der Waals surface area contributed by atoms with Gasteiger partial charge in [-0.05, 0) is 22.0 Å². The minimum absolute atomic E-state index is 0.0294. The fraction of sp³-hybridized carbons (Fsp3) is 0.385. The molecule has 0 aliphatic heterocycles. The molecule has 1 aromatic carbocycles. The number of halogens is 1. The molecule has 0 fully saturated rings. The van der Waals surface area contributed by atoms with Gasteiger partial charge in [0.1, 0.15) is 11.5 Å². The molecule has 1 rings (SSSR count). The fourth-order valence-electron chi connectivity index (χ4n) is 1.57. The van der Waals surface area contributed by atoms with E-state index in [0.717, 1.165) is 0 Å². The van der Waals surface area contributed by atoms with Gasteiger partial charge in [-0.15, -0.1) is 0 Å². The number of rotatable bonds is 7. The standard InChI is InChI=1S/C13H16BrNO6/c1-18-7-21-11-6-12(19-2)9(14)4-8(11)5-10(15-17)13(16)20-3/h4,6,17H,5,7H2,1-3H3/b15-10+. The van der Waals surface area contributed by atoms with E-state index in [1.54, 1.807) is 12.1 Å². The molecule has 1 aromatic rings. The molecule has 0 aliphatic rings. The van der Waals surface area contributed by atoms with E-state index >= 15 is 0 Å². The summed E-state index contributed by atoms with van der Waals surface area (Å²) in [7, 11) is 4.22. The van der Waals surface area contributed by atoms with Crippen molar-refractivity contribution in [1.82, 2.24) is 0 Å². The molecule has 0 bridgehead atoms. The highest BCUT2D eigenvalue weighted by molar-refractivity contribution is 9.10. The summed E-state index contributed by atoms with van der Waals surface area (Å²) in [5, 5.41) is 11.9. The van der Waals surface area contributed by atoms with Crippen molar-refractivity contribution in [1.29, 1.82) is 0 Å². The lowest BCUT2D eigenvalue weighted by Crippen LogP contribution is -2.19. The zero-order valence-electron chi connectivity index (χ0n) is 11.9. The van der Waals surface area contributed by atoms with E-state index in [0.29, 0.717) is 21.5 Å². The van der Waals surface area contributed by atoms with Gasteiger partial charge in [0, 0.05) is 25.2 Å². The Morgan fingerprint density at radius 1 is 1.29 bits per heavy atom. The van der Waals surface area contributed by atoms with Crippen LogP contribution in [0.3, 0.4) is 0 Å². The first-order chi connectivity index (χ1) is 10.1. The molecule has 0 spiro atoms. The molecule has 0 aliphatic carbocycles. The highest BCUT2D eigenvalue weighted by Crippen LogP contribution is 2.33. The number of carbonyl (C=O) groups excluding carboxylic acids is 1. The van der Waals surface area contributed by atoms with Gasteiger partial charge in [-0.2, -0.15) is 0 Å². The van der Waals surface area contributed by atoms with Crippen molar-refractivity contribution in [3.8, 4) is 11.5 Å². The molecule has 0 heterocycles. The van der Waals surface area contributed by atoms with E-state index in [2.05, 4.69) is 25.8 Å². The first kappa shape index (κ1) is 17.3. The third kappa shape index (κ3) is 4.61. The Hall–Kier alpha value is -1.80. The maximum absolute atomic E-state index is 11.5. The summed E-state index contributed by atoms with van der Waals surface area (Å²) < 4.78 is 20.7. The molecule has 0 unspecified atom stereocenters. The van der Waals surface area contributed by atoms with E-state index in [1.807, 2.05) is 0 Å². The van der Waals surface area contributed by atoms with Crippen molar-refractivity contribution in [2.75, 3.05) is 28.1 Å². The normalized spacial score (nSPS) is 11.1. The smallest absolute Gasteiger partial charge is 0.356 e. The van der Waals surface area contributed by atoms with Gasteiger partial charge < -0.3 is 24.2 Å². The van der Waals surface area contributed by atoms with Crippen LogP contribution in [-0.4, -0.2) is 45.0 Å². The largest absolute Gasteiger partial charge is 0.495 e. The van der Waals surface area contributed by atoms with Gasteiger partial charge >= 0.3 is 5.97 Å². The molecule has 1 N–H and O–H groups in total. The van der Waals surface area contributed by atoms with Crippen LogP contribution in [0.25, 0.3) is 0 Å². The van der Waals surface area contributed by atoms with Crippen LogP contribution in [0.15, 0.2) is 21.8 Å². The van der Waals surface area contributed by atoms with Crippen LogP contribution in [0.5, 0.6) is 11.5 Å². The van der Waals surface area contributed by atoms with Crippen molar-refractivity contribution in [3.63, 3.8) is 0 Å². The summed E-state index contributed by atoms with van der Waals surface area (Å²) in [6, 6.07) is 3.35. The van der Waals surface area contributed by atoms with E-state index in [-0.39, 0.29) is 18.9 Å². The Balaban J connectivity index is 3.13. The number of carbonyl (C=O) groups is 1.